The van der Waals surface area contributed by atoms with Gasteiger partial charge in [0.15, 0.2) is 0 Å². The van der Waals surface area contributed by atoms with Gasteiger partial charge in [0.1, 0.15) is 0 Å². The van der Waals surface area contributed by atoms with Crippen LogP contribution in [0.15, 0.2) is 48.5 Å². The fourth-order valence-corrected chi connectivity index (χ4v) is 3.24. The largest absolute Gasteiger partial charge is 0.298 e. The minimum atomic E-state index is 0.672. The number of hydrogen-bond acceptors (Lipinski definition) is 2. The molecule has 0 radical (unpaired) electrons. The molecule has 0 bridgehead atoms. The molecule has 0 N–H and O–H groups in total. The number of piperazine rings is 1. The molecule has 1 aliphatic heterocycles. The van der Waals surface area contributed by atoms with Crippen LogP contribution in [-0.4, -0.2) is 42.0 Å². The Labute approximate surface area is 154 Å². The lowest BCUT2D eigenvalue weighted by molar-refractivity contribution is 0.104. The van der Waals surface area contributed by atoms with E-state index in [1.807, 2.05) is 13.8 Å². The first-order chi connectivity index (χ1) is 12.1. The van der Waals surface area contributed by atoms with Crippen LogP contribution in [0.3, 0.4) is 0 Å². The molecule has 1 heterocycles. The molecule has 25 heavy (non-hydrogen) atoms. The zero-order valence-electron chi connectivity index (χ0n) is 16.6. The summed E-state index contributed by atoms with van der Waals surface area (Å²) in [7, 11) is 0. The highest BCUT2D eigenvalue weighted by molar-refractivity contribution is 5.63. The summed E-state index contributed by atoms with van der Waals surface area (Å²) in [5, 5.41) is 0. The molecule has 0 unspecified atom stereocenters. The van der Waals surface area contributed by atoms with Crippen molar-refractivity contribution in [1.29, 1.82) is 0 Å². The van der Waals surface area contributed by atoms with Crippen molar-refractivity contribution in [3.05, 3.63) is 59.7 Å². The Balaban J connectivity index is 0.00000109. The van der Waals surface area contributed by atoms with Crippen LogP contribution >= 0.6 is 0 Å². The van der Waals surface area contributed by atoms with E-state index in [1.54, 1.807) is 0 Å². The lowest BCUT2D eigenvalue weighted by atomic mass is 10.0. The predicted octanol–water partition coefficient (Wildman–Crippen LogP) is 5.21. The summed E-state index contributed by atoms with van der Waals surface area (Å²) in [6.45, 7) is 16.5. The van der Waals surface area contributed by atoms with Crippen molar-refractivity contribution in [3.8, 4) is 11.1 Å². The fraction of sp³-hybridized carbons (Fsp3) is 0.478. The first kappa shape index (κ1) is 19.7. The smallest absolute Gasteiger partial charge is 0.0234 e. The normalized spacial score (nSPS) is 15.8. The van der Waals surface area contributed by atoms with Gasteiger partial charge in [-0.3, -0.25) is 9.80 Å². The van der Waals surface area contributed by atoms with Gasteiger partial charge >= 0.3 is 0 Å². The highest BCUT2D eigenvalue weighted by atomic mass is 15.3. The molecule has 3 rings (SSSR count). The third-order valence-corrected chi connectivity index (χ3v) is 4.88. The summed E-state index contributed by atoms with van der Waals surface area (Å²) >= 11 is 0. The molecule has 2 aromatic rings. The van der Waals surface area contributed by atoms with Crippen LogP contribution in [0.5, 0.6) is 0 Å². The molecule has 1 aliphatic rings. The highest BCUT2D eigenvalue weighted by Crippen LogP contribution is 2.21. The highest BCUT2D eigenvalue weighted by Gasteiger charge is 2.18. The van der Waals surface area contributed by atoms with E-state index in [4.69, 9.17) is 0 Å². The van der Waals surface area contributed by atoms with Gasteiger partial charge in [0.05, 0.1) is 0 Å². The van der Waals surface area contributed by atoms with Gasteiger partial charge in [-0.2, -0.15) is 0 Å². The van der Waals surface area contributed by atoms with Gasteiger partial charge in [-0.05, 0) is 37.5 Å². The van der Waals surface area contributed by atoms with Gasteiger partial charge in [-0.15, -0.1) is 0 Å². The minimum absolute atomic E-state index is 0.672. The SMILES string of the molecule is CC.Cc1ccc(-c2ccc(CN3CCN(C(C)C)CC3)cc2)cc1. The zero-order valence-corrected chi connectivity index (χ0v) is 16.6. The second-order valence-corrected chi connectivity index (χ2v) is 6.97. The van der Waals surface area contributed by atoms with Gasteiger partial charge in [0.25, 0.3) is 0 Å². The van der Waals surface area contributed by atoms with E-state index in [2.05, 4.69) is 79.1 Å². The van der Waals surface area contributed by atoms with E-state index < -0.39 is 0 Å². The van der Waals surface area contributed by atoms with Gasteiger partial charge < -0.3 is 0 Å². The monoisotopic (exact) mass is 338 g/mol. The molecule has 2 aromatic carbocycles. The van der Waals surface area contributed by atoms with E-state index >= 15 is 0 Å². The number of benzene rings is 2. The number of hydrogen-bond donors (Lipinski definition) is 0. The third-order valence-electron chi connectivity index (χ3n) is 4.88. The maximum atomic E-state index is 2.57. The molecule has 0 amide bonds. The molecule has 2 heteroatoms. The van der Waals surface area contributed by atoms with E-state index in [1.165, 1.54) is 48.4 Å². The zero-order chi connectivity index (χ0) is 18.2. The van der Waals surface area contributed by atoms with Gasteiger partial charge in [-0.25, -0.2) is 0 Å². The summed E-state index contributed by atoms with van der Waals surface area (Å²) < 4.78 is 0. The standard InChI is InChI=1S/C21H28N2.C2H6/c1-17(2)23-14-12-22(13-15-23)16-19-6-10-21(11-7-19)20-8-4-18(3)5-9-20;1-2/h4-11,17H,12-16H2,1-3H3;1-2H3. The lowest BCUT2D eigenvalue weighted by Gasteiger charge is -2.36. The molecule has 1 saturated heterocycles. The number of nitrogens with zero attached hydrogens (tertiary/aromatic N) is 2. The molecular weight excluding hydrogens is 304 g/mol. The first-order valence-corrected chi connectivity index (χ1v) is 9.74. The molecular formula is C23H34N2. The summed E-state index contributed by atoms with van der Waals surface area (Å²) in [6, 6.07) is 18.5. The molecule has 136 valence electrons. The number of aryl methyl sites for hydroxylation is 1. The molecule has 2 nitrogen and oxygen atoms in total. The Hall–Kier alpha value is -1.64. The third kappa shape index (κ3) is 5.69. The summed E-state index contributed by atoms with van der Waals surface area (Å²) in [5.74, 6) is 0. The average molecular weight is 339 g/mol. The van der Waals surface area contributed by atoms with E-state index in [9.17, 15) is 0 Å². The molecule has 0 atom stereocenters. The molecule has 1 fully saturated rings. The molecule has 0 aromatic heterocycles. The Morgan fingerprint density at radius 2 is 1.24 bits per heavy atom. The Bertz CT molecular complexity index is 606. The quantitative estimate of drug-likeness (QED) is 0.754. The second-order valence-electron chi connectivity index (χ2n) is 6.97. The van der Waals surface area contributed by atoms with E-state index in [0.717, 1.165) is 6.54 Å². The minimum Gasteiger partial charge on any atom is -0.298 e. The van der Waals surface area contributed by atoms with Crippen molar-refractivity contribution in [2.75, 3.05) is 26.2 Å². The first-order valence-electron chi connectivity index (χ1n) is 9.74. The maximum Gasteiger partial charge on any atom is 0.0234 e. The van der Waals surface area contributed by atoms with Crippen LogP contribution in [0, 0.1) is 6.92 Å². The van der Waals surface area contributed by atoms with Crippen LogP contribution in [0.2, 0.25) is 0 Å². The van der Waals surface area contributed by atoms with Crippen LogP contribution in [0.1, 0.15) is 38.8 Å². The van der Waals surface area contributed by atoms with Crippen LogP contribution in [-0.2, 0) is 6.54 Å². The topological polar surface area (TPSA) is 6.48 Å². The molecule has 0 aliphatic carbocycles. The van der Waals surface area contributed by atoms with Crippen LogP contribution in [0.25, 0.3) is 11.1 Å². The predicted molar refractivity (Wildman–Crippen MR) is 110 cm³/mol. The van der Waals surface area contributed by atoms with Gasteiger partial charge in [-0.1, -0.05) is 67.9 Å². The summed E-state index contributed by atoms with van der Waals surface area (Å²) in [6.07, 6.45) is 0. The van der Waals surface area contributed by atoms with Crippen molar-refractivity contribution < 1.29 is 0 Å². The fourth-order valence-electron chi connectivity index (χ4n) is 3.24. The Morgan fingerprint density at radius 3 is 1.72 bits per heavy atom. The second kappa shape index (κ2) is 9.74. The molecule has 0 spiro atoms. The number of rotatable bonds is 4. The van der Waals surface area contributed by atoms with Crippen molar-refractivity contribution in [2.45, 2.75) is 47.2 Å². The van der Waals surface area contributed by atoms with Crippen LogP contribution < -0.4 is 0 Å². The maximum absolute atomic E-state index is 2.57. The van der Waals surface area contributed by atoms with Gasteiger partial charge in [0, 0.05) is 38.8 Å². The van der Waals surface area contributed by atoms with Crippen molar-refractivity contribution in [3.63, 3.8) is 0 Å². The van der Waals surface area contributed by atoms with E-state index in [0.29, 0.717) is 6.04 Å². The van der Waals surface area contributed by atoms with Crippen molar-refractivity contribution in [2.24, 2.45) is 0 Å². The summed E-state index contributed by atoms with van der Waals surface area (Å²) in [4.78, 5) is 5.14. The van der Waals surface area contributed by atoms with E-state index in [-0.39, 0.29) is 0 Å². The van der Waals surface area contributed by atoms with Crippen molar-refractivity contribution in [1.82, 2.24) is 9.80 Å². The average Bonchev–Trinajstić information content (AvgIpc) is 2.65. The lowest BCUT2D eigenvalue weighted by Crippen LogP contribution is -2.48. The Morgan fingerprint density at radius 1 is 0.760 bits per heavy atom. The molecule has 0 saturated carbocycles. The van der Waals surface area contributed by atoms with Gasteiger partial charge in [0.2, 0.25) is 0 Å². The Kier molecular flexibility index (Phi) is 7.67. The summed E-state index contributed by atoms with van der Waals surface area (Å²) in [5.41, 5.74) is 5.33. The van der Waals surface area contributed by atoms with Crippen molar-refractivity contribution >= 4 is 0 Å². The van der Waals surface area contributed by atoms with Crippen LogP contribution in [0.4, 0.5) is 0 Å².